The summed E-state index contributed by atoms with van der Waals surface area (Å²) in [4.78, 5) is 14.5. The van der Waals surface area contributed by atoms with Gasteiger partial charge in [0.1, 0.15) is 11.6 Å². The standard InChI is InChI=1S/C22H23N3O/c1-17-6-4-7-18(14-17)11-12-24-16-20(15-23)22(26)25-13-5-9-19-8-2-3-10-21(19)25/h2-4,6-8,10,14,16,24H,5,9,11-13H2,1H3/b20-16-. The molecule has 1 N–H and O–H groups in total. The molecule has 1 aliphatic rings. The molecule has 0 fully saturated rings. The van der Waals surface area contributed by atoms with Crippen LogP contribution < -0.4 is 10.2 Å². The van der Waals surface area contributed by atoms with E-state index in [0.29, 0.717) is 13.1 Å². The number of hydrogen-bond acceptors (Lipinski definition) is 3. The van der Waals surface area contributed by atoms with Gasteiger partial charge in [0.2, 0.25) is 0 Å². The second-order valence-corrected chi connectivity index (χ2v) is 6.55. The van der Waals surface area contributed by atoms with Gasteiger partial charge in [-0.3, -0.25) is 4.79 Å². The van der Waals surface area contributed by atoms with E-state index in [-0.39, 0.29) is 11.5 Å². The molecule has 0 saturated heterocycles. The number of para-hydroxylation sites is 1. The van der Waals surface area contributed by atoms with Gasteiger partial charge in [0.05, 0.1) is 0 Å². The molecule has 1 heterocycles. The maximum Gasteiger partial charge on any atom is 0.270 e. The van der Waals surface area contributed by atoms with Gasteiger partial charge in [0.15, 0.2) is 0 Å². The van der Waals surface area contributed by atoms with Crippen LogP contribution >= 0.6 is 0 Å². The van der Waals surface area contributed by atoms with E-state index < -0.39 is 0 Å². The van der Waals surface area contributed by atoms with Crippen molar-refractivity contribution in [2.24, 2.45) is 0 Å². The lowest BCUT2D eigenvalue weighted by Gasteiger charge is -2.29. The summed E-state index contributed by atoms with van der Waals surface area (Å²) in [5.41, 5.74) is 4.70. The number of nitriles is 1. The molecule has 3 rings (SSSR count). The molecule has 0 bridgehead atoms. The molecule has 0 atom stereocenters. The number of hydrogen-bond donors (Lipinski definition) is 1. The Morgan fingerprint density at radius 3 is 2.92 bits per heavy atom. The van der Waals surface area contributed by atoms with Crippen LogP contribution in [0.1, 0.15) is 23.1 Å². The zero-order valence-electron chi connectivity index (χ0n) is 15.0. The second kappa shape index (κ2) is 8.35. The second-order valence-electron chi connectivity index (χ2n) is 6.55. The Hall–Kier alpha value is -3.06. The van der Waals surface area contributed by atoms with E-state index in [4.69, 9.17) is 0 Å². The summed E-state index contributed by atoms with van der Waals surface area (Å²) in [6.07, 6.45) is 4.29. The van der Waals surface area contributed by atoms with E-state index in [9.17, 15) is 10.1 Å². The van der Waals surface area contributed by atoms with Crippen molar-refractivity contribution in [2.75, 3.05) is 18.0 Å². The van der Waals surface area contributed by atoms with Crippen LogP contribution in [0.25, 0.3) is 0 Å². The van der Waals surface area contributed by atoms with Gasteiger partial charge >= 0.3 is 0 Å². The fourth-order valence-corrected chi connectivity index (χ4v) is 3.29. The third kappa shape index (κ3) is 4.12. The molecule has 0 unspecified atom stereocenters. The van der Waals surface area contributed by atoms with Gasteiger partial charge in [0, 0.05) is 25.0 Å². The minimum Gasteiger partial charge on any atom is -0.389 e. The number of fused-ring (bicyclic) bond motifs is 1. The van der Waals surface area contributed by atoms with Crippen molar-refractivity contribution in [2.45, 2.75) is 26.2 Å². The Labute approximate surface area is 154 Å². The first-order valence-corrected chi connectivity index (χ1v) is 8.98. The molecule has 2 aromatic rings. The van der Waals surface area contributed by atoms with E-state index in [1.807, 2.05) is 36.4 Å². The summed E-state index contributed by atoms with van der Waals surface area (Å²) in [5, 5.41) is 12.5. The van der Waals surface area contributed by atoms with Crippen LogP contribution in [0.5, 0.6) is 0 Å². The van der Waals surface area contributed by atoms with Crippen LogP contribution in [0.4, 0.5) is 5.69 Å². The molecule has 0 aromatic heterocycles. The van der Waals surface area contributed by atoms with Gasteiger partial charge in [-0.15, -0.1) is 0 Å². The minimum absolute atomic E-state index is 0.144. The number of carbonyl (C=O) groups excluding carboxylic acids is 1. The molecule has 1 aliphatic heterocycles. The minimum atomic E-state index is -0.234. The Kier molecular flexibility index (Phi) is 5.70. The van der Waals surface area contributed by atoms with Gasteiger partial charge < -0.3 is 10.2 Å². The smallest absolute Gasteiger partial charge is 0.270 e. The summed E-state index contributed by atoms with van der Waals surface area (Å²) < 4.78 is 0. The van der Waals surface area contributed by atoms with E-state index in [1.165, 1.54) is 11.1 Å². The highest BCUT2D eigenvalue weighted by atomic mass is 16.2. The highest BCUT2D eigenvalue weighted by Gasteiger charge is 2.24. The van der Waals surface area contributed by atoms with Crippen molar-refractivity contribution in [1.29, 1.82) is 5.26 Å². The van der Waals surface area contributed by atoms with Crippen LogP contribution in [-0.4, -0.2) is 19.0 Å². The predicted octanol–water partition coefficient (Wildman–Crippen LogP) is 3.51. The topological polar surface area (TPSA) is 56.1 Å². The number of nitrogens with one attached hydrogen (secondary N) is 1. The zero-order valence-corrected chi connectivity index (χ0v) is 15.0. The number of aryl methyl sites for hydroxylation is 2. The van der Waals surface area contributed by atoms with Crippen LogP contribution in [0.15, 0.2) is 60.3 Å². The maximum atomic E-state index is 12.8. The molecule has 0 aliphatic carbocycles. The van der Waals surface area contributed by atoms with E-state index in [0.717, 1.165) is 30.5 Å². The number of rotatable bonds is 5. The van der Waals surface area contributed by atoms with Crippen molar-refractivity contribution < 1.29 is 4.79 Å². The average Bonchev–Trinajstić information content (AvgIpc) is 2.67. The first-order chi connectivity index (χ1) is 12.7. The highest BCUT2D eigenvalue weighted by Crippen LogP contribution is 2.27. The van der Waals surface area contributed by atoms with Crippen LogP contribution in [-0.2, 0) is 17.6 Å². The van der Waals surface area contributed by atoms with Crippen molar-refractivity contribution in [1.82, 2.24) is 5.32 Å². The molecule has 2 aromatic carbocycles. The van der Waals surface area contributed by atoms with Crippen molar-refractivity contribution in [3.63, 3.8) is 0 Å². The normalized spacial score (nSPS) is 13.7. The van der Waals surface area contributed by atoms with Gasteiger partial charge in [-0.2, -0.15) is 5.26 Å². The number of benzene rings is 2. The van der Waals surface area contributed by atoms with Crippen molar-refractivity contribution in [3.8, 4) is 6.07 Å². The Morgan fingerprint density at radius 1 is 1.27 bits per heavy atom. The quantitative estimate of drug-likeness (QED) is 0.512. The number of carbonyl (C=O) groups is 1. The van der Waals surface area contributed by atoms with E-state index >= 15 is 0 Å². The zero-order chi connectivity index (χ0) is 18.4. The fraction of sp³-hybridized carbons (Fsp3) is 0.273. The highest BCUT2D eigenvalue weighted by molar-refractivity contribution is 6.08. The van der Waals surface area contributed by atoms with Gasteiger partial charge in [0.25, 0.3) is 5.91 Å². The molecule has 4 heteroatoms. The molecular weight excluding hydrogens is 322 g/mol. The van der Waals surface area contributed by atoms with Gasteiger partial charge in [-0.1, -0.05) is 48.0 Å². The lowest BCUT2D eigenvalue weighted by Crippen LogP contribution is -2.36. The predicted molar refractivity (Wildman–Crippen MR) is 104 cm³/mol. The third-order valence-electron chi connectivity index (χ3n) is 4.59. The molecule has 132 valence electrons. The number of anilines is 1. The summed E-state index contributed by atoms with van der Waals surface area (Å²) >= 11 is 0. The van der Waals surface area contributed by atoms with Crippen molar-refractivity contribution >= 4 is 11.6 Å². The first kappa shape index (κ1) is 17.8. The van der Waals surface area contributed by atoms with Crippen LogP contribution in [0.3, 0.4) is 0 Å². The summed E-state index contributed by atoms with van der Waals surface area (Å²) in [7, 11) is 0. The lowest BCUT2D eigenvalue weighted by molar-refractivity contribution is -0.114. The maximum absolute atomic E-state index is 12.8. The molecule has 1 amide bonds. The monoisotopic (exact) mass is 345 g/mol. The molecule has 0 saturated carbocycles. The molecule has 4 nitrogen and oxygen atoms in total. The van der Waals surface area contributed by atoms with Crippen LogP contribution in [0, 0.1) is 18.3 Å². The molecular formula is C22H23N3O. The summed E-state index contributed by atoms with van der Waals surface area (Å²) in [6, 6.07) is 18.3. The van der Waals surface area contributed by atoms with Crippen molar-refractivity contribution in [3.05, 3.63) is 77.0 Å². The largest absolute Gasteiger partial charge is 0.389 e. The average molecular weight is 345 g/mol. The van der Waals surface area contributed by atoms with Crippen LogP contribution in [0.2, 0.25) is 0 Å². The van der Waals surface area contributed by atoms with E-state index in [1.54, 1.807) is 11.1 Å². The SMILES string of the molecule is Cc1cccc(CCN/C=C(/C#N)C(=O)N2CCCc3ccccc32)c1. The molecule has 0 radical (unpaired) electrons. The molecule has 26 heavy (non-hydrogen) atoms. The Morgan fingerprint density at radius 2 is 2.12 bits per heavy atom. The number of amides is 1. The first-order valence-electron chi connectivity index (χ1n) is 8.98. The Bertz CT molecular complexity index is 864. The van der Waals surface area contributed by atoms with E-state index in [2.05, 4.69) is 30.4 Å². The summed E-state index contributed by atoms with van der Waals surface area (Å²) in [6.45, 7) is 3.40. The van der Waals surface area contributed by atoms with Gasteiger partial charge in [-0.05, 0) is 43.4 Å². The molecule has 0 spiro atoms. The Balaban J connectivity index is 1.64. The lowest BCUT2D eigenvalue weighted by atomic mass is 10.0. The third-order valence-corrected chi connectivity index (χ3v) is 4.59. The summed E-state index contributed by atoms with van der Waals surface area (Å²) in [5.74, 6) is -0.234. The fourth-order valence-electron chi connectivity index (χ4n) is 3.29. The van der Waals surface area contributed by atoms with Gasteiger partial charge in [-0.25, -0.2) is 0 Å². The number of nitrogens with zero attached hydrogens (tertiary/aromatic N) is 2.